The van der Waals surface area contributed by atoms with Crippen LogP contribution in [0.2, 0.25) is 0 Å². The molecule has 2 aromatic heterocycles. The second-order valence-corrected chi connectivity index (χ2v) is 7.88. The summed E-state index contributed by atoms with van der Waals surface area (Å²) in [5, 5.41) is 3.54. The van der Waals surface area contributed by atoms with Gasteiger partial charge >= 0.3 is 0 Å². The van der Waals surface area contributed by atoms with Crippen molar-refractivity contribution < 1.29 is 4.79 Å². The van der Waals surface area contributed by atoms with Crippen LogP contribution in [0.3, 0.4) is 0 Å². The molecule has 0 aliphatic heterocycles. The van der Waals surface area contributed by atoms with E-state index < -0.39 is 0 Å². The molecule has 5 rings (SSSR count). The van der Waals surface area contributed by atoms with Gasteiger partial charge in [-0.3, -0.25) is 4.79 Å². The number of hydrogen-bond acceptors (Lipinski definition) is 4. The van der Waals surface area contributed by atoms with Gasteiger partial charge in [0.25, 0.3) is 5.91 Å². The summed E-state index contributed by atoms with van der Waals surface area (Å²) in [6.07, 6.45) is 2.06. The molecule has 0 aliphatic carbocycles. The average molecular weight is 411 g/mol. The van der Waals surface area contributed by atoms with E-state index in [4.69, 9.17) is 9.97 Å². The van der Waals surface area contributed by atoms with Gasteiger partial charge in [-0.25, -0.2) is 9.97 Å². The standard InChI is InChI=1S/C24H18N4OS/c1-25-23(29)16-12-10-15(11-13-16)14-17(22-26-18-6-2-3-7-19(18)27-22)24-28-20-8-4-5-9-21(20)30-24/h2-14H,1H3,(H,25,29)(H,26,27). The zero-order chi connectivity index (χ0) is 20.5. The monoisotopic (exact) mass is 410 g/mol. The SMILES string of the molecule is CNC(=O)c1ccc(C=C(c2nc3ccccc3[nH]2)c2nc3ccccc3s2)cc1. The van der Waals surface area contributed by atoms with Gasteiger partial charge in [0.2, 0.25) is 0 Å². The van der Waals surface area contributed by atoms with Crippen LogP contribution in [-0.4, -0.2) is 27.9 Å². The van der Waals surface area contributed by atoms with Crippen LogP contribution in [0, 0.1) is 0 Å². The third-order valence-corrected chi connectivity index (χ3v) is 5.95. The molecule has 2 heterocycles. The number of amides is 1. The van der Waals surface area contributed by atoms with E-state index in [2.05, 4.69) is 22.4 Å². The van der Waals surface area contributed by atoms with E-state index in [9.17, 15) is 4.79 Å². The van der Waals surface area contributed by atoms with E-state index in [1.165, 1.54) is 0 Å². The highest BCUT2D eigenvalue weighted by molar-refractivity contribution is 7.19. The molecule has 0 aliphatic rings. The minimum atomic E-state index is -0.103. The Labute approximate surface area is 177 Å². The summed E-state index contributed by atoms with van der Waals surface area (Å²) in [4.78, 5) is 24.9. The quantitative estimate of drug-likeness (QED) is 0.432. The summed E-state index contributed by atoms with van der Waals surface area (Å²) >= 11 is 1.64. The summed E-state index contributed by atoms with van der Waals surface area (Å²) in [5.74, 6) is 0.667. The van der Waals surface area contributed by atoms with Crippen LogP contribution in [0.15, 0.2) is 72.8 Å². The van der Waals surface area contributed by atoms with Crippen molar-refractivity contribution in [1.82, 2.24) is 20.3 Å². The van der Waals surface area contributed by atoms with Gasteiger partial charge in [-0.2, -0.15) is 0 Å². The number of nitrogens with one attached hydrogen (secondary N) is 2. The van der Waals surface area contributed by atoms with E-state index in [0.717, 1.165) is 43.2 Å². The highest BCUT2D eigenvalue weighted by atomic mass is 32.1. The number of fused-ring (bicyclic) bond motifs is 2. The summed E-state index contributed by atoms with van der Waals surface area (Å²) in [7, 11) is 1.63. The lowest BCUT2D eigenvalue weighted by Crippen LogP contribution is -2.17. The van der Waals surface area contributed by atoms with E-state index in [1.54, 1.807) is 18.4 Å². The Morgan fingerprint density at radius 3 is 2.40 bits per heavy atom. The van der Waals surface area contributed by atoms with Gasteiger partial charge < -0.3 is 10.3 Å². The van der Waals surface area contributed by atoms with Crippen LogP contribution in [-0.2, 0) is 0 Å². The third kappa shape index (κ3) is 3.38. The first-order chi connectivity index (χ1) is 14.7. The minimum absolute atomic E-state index is 0.103. The Morgan fingerprint density at radius 1 is 0.933 bits per heavy atom. The number of imidazole rings is 1. The molecule has 2 N–H and O–H groups in total. The number of thiazole rings is 1. The van der Waals surface area contributed by atoms with Crippen LogP contribution in [0.4, 0.5) is 0 Å². The van der Waals surface area contributed by atoms with Crippen LogP contribution in [0.25, 0.3) is 32.9 Å². The van der Waals surface area contributed by atoms with Gasteiger partial charge in [-0.05, 0) is 48.0 Å². The van der Waals surface area contributed by atoms with Crippen molar-refractivity contribution in [2.24, 2.45) is 0 Å². The van der Waals surface area contributed by atoms with Crippen LogP contribution >= 0.6 is 11.3 Å². The number of hydrogen-bond donors (Lipinski definition) is 2. The lowest BCUT2D eigenvalue weighted by molar-refractivity contribution is 0.0963. The fourth-order valence-corrected chi connectivity index (χ4v) is 4.32. The molecule has 30 heavy (non-hydrogen) atoms. The minimum Gasteiger partial charge on any atom is -0.355 e. The predicted octanol–water partition coefficient (Wildman–Crippen LogP) is 5.12. The van der Waals surface area contributed by atoms with E-state index >= 15 is 0 Å². The maximum absolute atomic E-state index is 11.8. The molecule has 0 saturated carbocycles. The fourth-order valence-electron chi connectivity index (χ4n) is 3.34. The number of aromatic amines is 1. The number of nitrogens with zero attached hydrogens (tertiary/aromatic N) is 2. The highest BCUT2D eigenvalue weighted by Gasteiger charge is 2.15. The van der Waals surface area contributed by atoms with Crippen LogP contribution in [0.5, 0.6) is 0 Å². The first kappa shape index (κ1) is 18.3. The number of benzene rings is 3. The van der Waals surface area contributed by atoms with Crippen LogP contribution < -0.4 is 5.32 Å². The van der Waals surface area contributed by atoms with Gasteiger partial charge in [0.1, 0.15) is 10.8 Å². The molecule has 0 unspecified atom stereocenters. The predicted molar refractivity (Wildman–Crippen MR) is 123 cm³/mol. The van der Waals surface area contributed by atoms with Gasteiger partial charge in [-0.1, -0.05) is 36.4 Å². The number of carbonyl (C=O) groups excluding carboxylic acids is 1. The van der Waals surface area contributed by atoms with Gasteiger partial charge in [0.15, 0.2) is 0 Å². The highest BCUT2D eigenvalue weighted by Crippen LogP contribution is 2.32. The fraction of sp³-hybridized carbons (Fsp3) is 0.0417. The Morgan fingerprint density at radius 2 is 1.67 bits per heavy atom. The normalized spacial score (nSPS) is 11.8. The van der Waals surface area contributed by atoms with Crippen LogP contribution in [0.1, 0.15) is 26.8 Å². The largest absolute Gasteiger partial charge is 0.355 e. The molecular weight excluding hydrogens is 392 g/mol. The zero-order valence-electron chi connectivity index (χ0n) is 16.2. The Bertz CT molecular complexity index is 1250. The molecule has 0 bridgehead atoms. The summed E-state index contributed by atoms with van der Waals surface area (Å²) in [6, 6.07) is 23.6. The molecule has 0 fully saturated rings. The third-order valence-electron chi connectivity index (χ3n) is 4.88. The van der Waals surface area contributed by atoms with Gasteiger partial charge in [0.05, 0.1) is 26.8 Å². The molecule has 0 saturated heterocycles. The second kappa shape index (κ2) is 7.57. The molecule has 0 spiro atoms. The van der Waals surface area contributed by atoms with E-state index in [1.807, 2.05) is 66.7 Å². The number of rotatable bonds is 4. The molecule has 6 heteroatoms. The summed E-state index contributed by atoms with van der Waals surface area (Å²) in [6.45, 7) is 0. The zero-order valence-corrected chi connectivity index (χ0v) is 17.0. The van der Waals surface area contributed by atoms with Crippen molar-refractivity contribution in [3.05, 3.63) is 94.8 Å². The number of para-hydroxylation sites is 3. The molecule has 146 valence electrons. The lowest BCUT2D eigenvalue weighted by Gasteiger charge is -2.03. The summed E-state index contributed by atoms with van der Waals surface area (Å²) in [5.41, 5.74) is 5.37. The number of H-pyrrole nitrogens is 1. The van der Waals surface area contributed by atoms with Crippen molar-refractivity contribution in [3.63, 3.8) is 0 Å². The Balaban J connectivity index is 1.65. The Hall–Kier alpha value is -3.77. The van der Waals surface area contributed by atoms with Gasteiger partial charge in [0, 0.05) is 12.6 Å². The molecule has 5 aromatic rings. The molecular formula is C24H18N4OS. The molecule has 0 radical (unpaired) electrons. The van der Waals surface area contributed by atoms with Gasteiger partial charge in [-0.15, -0.1) is 11.3 Å². The smallest absolute Gasteiger partial charge is 0.251 e. The topological polar surface area (TPSA) is 70.7 Å². The number of aromatic nitrogens is 3. The lowest BCUT2D eigenvalue weighted by atomic mass is 10.1. The molecule has 3 aromatic carbocycles. The second-order valence-electron chi connectivity index (χ2n) is 6.85. The Kier molecular flexibility index (Phi) is 4.61. The van der Waals surface area contributed by atoms with Crippen molar-refractivity contribution in [1.29, 1.82) is 0 Å². The van der Waals surface area contributed by atoms with Crippen molar-refractivity contribution >= 4 is 50.1 Å². The first-order valence-electron chi connectivity index (χ1n) is 9.56. The molecule has 0 atom stereocenters. The molecule has 1 amide bonds. The van der Waals surface area contributed by atoms with Crippen molar-refractivity contribution in [2.75, 3.05) is 7.05 Å². The van der Waals surface area contributed by atoms with Crippen molar-refractivity contribution in [2.45, 2.75) is 0 Å². The molecule has 5 nitrogen and oxygen atoms in total. The van der Waals surface area contributed by atoms with Crippen molar-refractivity contribution in [3.8, 4) is 0 Å². The average Bonchev–Trinajstić information content (AvgIpc) is 3.41. The maximum Gasteiger partial charge on any atom is 0.251 e. The van der Waals surface area contributed by atoms with E-state index in [-0.39, 0.29) is 5.91 Å². The van der Waals surface area contributed by atoms with E-state index in [0.29, 0.717) is 5.56 Å². The number of carbonyl (C=O) groups is 1. The first-order valence-corrected chi connectivity index (χ1v) is 10.4. The maximum atomic E-state index is 11.8. The summed E-state index contributed by atoms with van der Waals surface area (Å²) < 4.78 is 1.13.